The number of nitrogens with zero attached hydrogens (tertiary/aromatic N) is 2. The maximum absolute atomic E-state index is 13.5. The summed E-state index contributed by atoms with van der Waals surface area (Å²) in [7, 11) is 0. The van der Waals surface area contributed by atoms with Crippen molar-refractivity contribution in [1.29, 1.82) is 0 Å². The van der Waals surface area contributed by atoms with Crippen LogP contribution in [0.1, 0.15) is 47.8 Å². The lowest BCUT2D eigenvalue weighted by Crippen LogP contribution is -2.33. The van der Waals surface area contributed by atoms with Crippen LogP contribution in [-0.4, -0.2) is 35.3 Å². The standard InChI is InChI=1S/C19H23FN4O.ClH/c20-15-4-1-3-14(11-15)19(7-8-19)13-22-18(25)17-6-10-24(23-17)16-5-2-9-21-12-16;/h1,3-4,6,10-11,16,21H,2,5,7-9,12-13H2,(H,22,25);1H. The minimum Gasteiger partial charge on any atom is -0.350 e. The predicted octanol–water partition coefficient (Wildman–Crippen LogP) is 2.83. The van der Waals surface area contributed by atoms with E-state index in [0.29, 0.717) is 18.3 Å². The van der Waals surface area contributed by atoms with Gasteiger partial charge in [0.1, 0.15) is 11.5 Å². The maximum Gasteiger partial charge on any atom is 0.271 e. The van der Waals surface area contributed by atoms with Crippen LogP contribution in [0.2, 0.25) is 0 Å². The van der Waals surface area contributed by atoms with Crippen LogP contribution < -0.4 is 10.6 Å². The zero-order chi connectivity index (χ0) is 17.3. The van der Waals surface area contributed by atoms with Crippen molar-refractivity contribution in [2.24, 2.45) is 0 Å². The van der Waals surface area contributed by atoms with Gasteiger partial charge in [0.05, 0.1) is 6.04 Å². The van der Waals surface area contributed by atoms with Crippen molar-refractivity contribution in [3.63, 3.8) is 0 Å². The molecule has 1 saturated heterocycles. The van der Waals surface area contributed by atoms with Crippen molar-refractivity contribution in [3.05, 3.63) is 53.6 Å². The molecule has 1 amide bonds. The van der Waals surface area contributed by atoms with Crippen LogP contribution in [0.5, 0.6) is 0 Å². The Balaban J connectivity index is 0.00000196. The van der Waals surface area contributed by atoms with Crippen LogP contribution in [0.4, 0.5) is 4.39 Å². The molecule has 4 rings (SSSR count). The lowest BCUT2D eigenvalue weighted by atomic mass is 9.96. The molecule has 2 N–H and O–H groups in total. The van der Waals surface area contributed by atoms with Gasteiger partial charge in [-0.3, -0.25) is 9.48 Å². The van der Waals surface area contributed by atoms with Gasteiger partial charge in [-0.2, -0.15) is 5.10 Å². The first-order valence-corrected chi connectivity index (χ1v) is 8.96. The molecule has 1 aliphatic carbocycles. The number of aromatic nitrogens is 2. The van der Waals surface area contributed by atoms with E-state index in [4.69, 9.17) is 0 Å². The lowest BCUT2D eigenvalue weighted by molar-refractivity contribution is 0.0943. The Kier molecular flexibility index (Phi) is 5.63. The second-order valence-electron chi connectivity index (χ2n) is 7.15. The third-order valence-electron chi connectivity index (χ3n) is 5.36. The molecule has 0 spiro atoms. The molecule has 1 saturated carbocycles. The molecular weight excluding hydrogens is 355 g/mol. The molecule has 26 heavy (non-hydrogen) atoms. The largest absolute Gasteiger partial charge is 0.350 e. The van der Waals surface area contributed by atoms with E-state index in [9.17, 15) is 9.18 Å². The summed E-state index contributed by atoms with van der Waals surface area (Å²) in [5.74, 6) is -0.389. The second-order valence-corrected chi connectivity index (χ2v) is 7.15. The van der Waals surface area contributed by atoms with Gasteiger partial charge in [-0.25, -0.2) is 4.39 Å². The highest BCUT2D eigenvalue weighted by atomic mass is 35.5. The lowest BCUT2D eigenvalue weighted by Gasteiger charge is -2.22. The summed E-state index contributed by atoms with van der Waals surface area (Å²) in [5, 5.41) is 10.8. The average Bonchev–Trinajstić information content (AvgIpc) is 3.27. The van der Waals surface area contributed by atoms with E-state index in [1.165, 1.54) is 6.07 Å². The first-order chi connectivity index (χ1) is 12.2. The van der Waals surface area contributed by atoms with Crippen LogP contribution in [0, 0.1) is 5.82 Å². The number of halogens is 2. The number of carbonyl (C=O) groups is 1. The zero-order valence-corrected chi connectivity index (χ0v) is 15.4. The van der Waals surface area contributed by atoms with Gasteiger partial charge in [0.25, 0.3) is 5.91 Å². The second kappa shape index (κ2) is 7.76. The molecule has 2 aromatic rings. The number of rotatable bonds is 5. The molecule has 0 radical (unpaired) electrons. The van der Waals surface area contributed by atoms with Crippen molar-refractivity contribution in [1.82, 2.24) is 20.4 Å². The Morgan fingerprint density at radius 3 is 2.92 bits per heavy atom. The minimum absolute atomic E-state index is 0. The van der Waals surface area contributed by atoms with Crippen LogP contribution in [0.3, 0.4) is 0 Å². The summed E-state index contributed by atoms with van der Waals surface area (Å²) in [6.07, 6.45) is 6.03. The molecule has 1 aromatic carbocycles. The fourth-order valence-corrected chi connectivity index (χ4v) is 3.60. The van der Waals surface area contributed by atoms with Gasteiger partial charge in [-0.05, 0) is 56.0 Å². The fraction of sp³-hybridized carbons (Fsp3) is 0.474. The third kappa shape index (κ3) is 3.91. The Hall–Kier alpha value is -1.92. The number of piperidine rings is 1. The van der Waals surface area contributed by atoms with E-state index in [-0.39, 0.29) is 29.5 Å². The molecule has 1 aromatic heterocycles. The summed E-state index contributed by atoms with van der Waals surface area (Å²) in [4.78, 5) is 12.4. The summed E-state index contributed by atoms with van der Waals surface area (Å²) in [6, 6.07) is 8.78. The van der Waals surface area contributed by atoms with Gasteiger partial charge in [0, 0.05) is 24.7 Å². The summed E-state index contributed by atoms with van der Waals surface area (Å²) < 4.78 is 15.4. The van der Waals surface area contributed by atoms with E-state index < -0.39 is 0 Å². The molecule has 2 heterocycles. The fourth-order valence-electron chi connectivity index (χ4n) is 3.60. The molecule has 2 aliphatic rings. The van der Waals surface area contributed by atoms with Gasteiger partial charge >= 0.3 is 0 Å². The van der Waals surface area contributed by atoms with E-state index in [2.05, 4.69) is 15.7 Å². The number of nitrogens with one attached hydrogen (secondary N) is 2. The van der Waals surface area contributed by atoms with Gasteiger partial charge in [-0.1, -0.05) is 12.1 Å². The number of benzene rings is 1. The molecular formula is C19H24ClFN4O. The monoisotopic (exact) mass is 378 g/mol. The number of amides is 1. The Bertz CT molecular complexity index is 768. The van der Waals surface area contributed by atoms with Crippen LogP contribution >= 0.6 is 12.4 Å². The van der Waals surface area contributed by atoms with E-state index in [1.54, 1.807) is 18.2 Å². The van der Waals surface area contributed by atoms with Crippen molar-refractivity contribution in [2.75, 3.05) is 19.6 Å². The molecule has 1 atom stereocenters. The molecule has 1 aliphatic heterocycles. The van der Waals surface area contributed by atoms with Gasteiger partial charge in [0.15, 0.2) is 0 Å². The SMILES string of the molecule is Cl.O=C(NCC1(c2cccc(F)c2)CC1)c1ccn(C2CCCNC2)n1. The quantitative estimate of drug-likeness (QED) is 0.841. The molecule has 2 fully saturated rings. The van der Waals surface area contributed by atoms with Gasteiger partial charge < -0.3 is 10.6 Å². The highest BCUT2D eigenvalue weighted by molar-refractivity contribution is 5.92. The highest BCUT2D eigenvalue weighted by Gasteiger charge is 2.44. The number of carbonyl (C=O) groups excluding carboxylic acids is 1. The Morgan fingerprint density at radius 2 is 2.23 bits per heavy atom. The Labute approximate surface area is 158 Å². The first-order valence-electron chi connectivity index (χ1n) is 8.96. The summed E-state index contributed by atoms with van der Waals surface area (Å²) >= 11 is 0. The smallest absolute Gasteiger partial charge is 0.271 e. The zero-order valence-electron chi connectivity index (χ0n) is 14.6. The van der Waals surface area contributed by atoms with Crippen molar-refractivity contribution in [3.8, 4) is 0 Å². The van der Waals surface area contributed by atoms with Crippen molar-refractivity contribution in [2.45, 2.75) is 37.1 Å². The predicted molar refractivity (Wildman–Crippen MR) is 100 cm³/mol. The number of hydrogen-bond donors (Lipinski definition) is 2. The third-order valence-corrected chi connectivity index (χ3v) is 5.36. The first kappa shape index (κ1) is 18.9. The van der Waals surface area contributed by atoms with Gasteiger partial charge in [0.2, 0.25) is 0 Å². The van der Waals surface area contributed by atoms with Gasteiger partial charge in [-0.15, -0.1) is 12.4 Å². The molecule has 1 unspecified atom stereocenters. The molecule has 140 valence electrons. The highest BCUT2D eigenvalue weighted by Crippen LogP contribution is 2.47. The summed E-state index contributed by atoms with van der Waals surface area (Å²) in [6.45, 7) is 2.46. The van der Waals surface area contributed by atoms with Crippen molar-refractivity contribution >= 4 is 18.3 Å². The van der Waals surface area contributed by atoms with E-state index in [1.807, 2.05) is 16.9 Å². The van der Waals surface area contributed by atoms with Crippen LogP contribution in [-0.2, 0) is 5.41 Å². The van der Waals surface area contributed by atoms with Crippen LogP contribution in [0.15, 0.2) is 36.5 Å². The molecule has 0 bridgehead atoms. The Morgan fingerprint density at radius 1 is 1.38 bits per heavy atom. The van der Waals surface area contributed by atoms with E-state index >= 15 is 0 Å². The summed E-state index contributed by atoms with van der Waals surface area (Å²) in [5.41, 5.74) is 1.29. The average molecular weight is 379 g/mol. The van der Waals surface area contributed by atoms with E-state index in [0.717, 1.165) is 44.3 Å². The minimum atomic E-state index is -0.227. The van der Waals surface area contributed by atoms with Crippen molar-refractivity contribution < 1.29 is 9.18 Å². The maximum atomic E-state index is 13.5. The molecule has 5 nitrogen and oxygen atoms in total. The van der Waals surface area contributed by atoms with Crippen LogP contribution in [0.25, 0.3) is 0 Å². The topological polar surface area (TPSA) is 59.0 Å². The molecule has 7 heteroatoms. The number of hydrogen-bond acceptors (Lipinski definition) is 3. The normalized spacial score (nSPS) is 20.9.